The number of amides is 1. The Kier molecular flexibility index (Phi) is 12.0. The third-order valence-corrected chi connectivity index (χ3v) is 11.0. The van der Waals surface area contributed by atoms with Crippen molar-refractivity contribution in [2.75, 3.05) is 0 Å². The van der Waals surface area contributed by atoms with Gasteiger partial charge in [0.05, 0.1) is 0 Å². The van der Waals surface area contributed by atoms with E-state index in [2.05, 4.69) is 5.32 Å². The van der Waals surface area contributed by atoms with Crippen molar-refractivity contribution in [3.05, 3.63) is 91.0 Å². The summed E-state index contributed by atoms with van der Waals surface area (Å²) in [5.41, 5.74) is -2.57. The van der Waals surface area contributed by atoms with Gasteiger partial charge in [-0.2, -0.15) is 0 Å². The molecule has 0 aromatic heterocycles. The lowest BCUT2D eigenvalue weighted by Gasteiger charge is -2.33. The van der Waals surface area contributed by atoms with Gasteiger partial charge in [0.1, 0.15) is 28.1 Å². The van der Waals surface area contributed by atoms with Gasteiger partial charge in [0.2, 0.25) is 0 Å². The molecule has 0 aliphatic heterocycles. The Hall–Kier alpha value is -4.16. The number of alkyl carbamates (subject to hydrolysis) is 1. The number of rotatable bonds is 10. The highest BCUT2D eigenvalue weighted by Crippen LogP contribution is 2.47. The SMILES string of the molecule is CC(C)(C)OC(=O)N[C@@H](CCC(=O)C(C(=O)OC(C)(C)C)=P(c1ccccc1)(c1ccccc1)c1ccccc1)C(=O)OC(C)(C)C. The zero-order valence-corrected chi connectivity index (χ0v) is 29.9. The molecule has 8 nitrogen and oxygen atoms in total. The summed E-state index contributed by atoms with van der Waals surface area (Å²) >= 11 is 0. The predicted octanol–water partition coefficient (Wildman–Crippen LogP) is 6.08. The second-order valence-corrected chi connectivity index (χ2v) is 17.6. The lowest BCUT2D eigenvalue weighted by molar-refractivity contribution is -0.157. The van der Waals surface area contributed by atoms with E-state index >= 15 is 0 Å². The summed E-state index contributed by atoms with van der Waals surface area (Å²) < 4.78 is 17.0. The molecular formula is C38H48NO7P. The zero-order chi connectivity index (χ0) is 35.0. The smallest absolute Gasteiger partial charge is 0.408 e. The molecule has 3 aromatic rings. The molecule has 0 fully saturated rings. The monoisotopic (exact) mass is 661 g/mol. The molecule has 0 aliphatic rings. The first-order chi connectivity index (χ1) is 21.8. The van der Waals surface area contributed by atoms with E-state index in [1.54, 1.807) is 62.3 Å². The fourth-order valence-corrected chi connectivity index (χ4v) is 9.35. The number of carbonyl (C=O) groups is 4. The van der Waals surface area contributed by atoms with Gasteiger partial charge in [0.25, 0.3) is 0 Å². The first-order valence-electron chi connectivity index (χ1n) is 15.8. The summed E-state index contributed by atoms with van der Waals surface area (Å²) in [7, 11) is 0. The topological polar surface area (TPSA) is 108 Å². The standard InChI is InChI=1S/C38H48NO7P/c1-36(2,3)44-33(41)30(39-35(43)46-38(7,8)9)25-26-31(40)32(34(42)45-37(4,5)6)47(27-19-13-10-14-20-27,28-21-15-11-16-22-28)29-23-17-12-18-24-29/h10-24,30H,25-26H2,1-9H3,(H,39,43)/t30-/m0/s1. The number of esters is 2. The minimum absolute atomic E-state index is 0.00349. The van der Waals surface area contributed by atoms with Crippen molar-refractivity contribution in [1.82, 2.24) is 5.32 Å². The molecule has 0 aliphatic carbocycles. The number of Topliss-reactive ketones (excluding diaryl/α,β-unsaturated/α-hetero) is 1. The van der Waals surface area contributed by atoms with Gasteiger partial charge in [-0.25, -0.2) is 14.4 Å². The molecule has 3 rings (SSSR count). The summed E-state index contributed by atoms with van der Waals surface area (Å²) in [6.07, 6.45) is -1.22. The summed E-state index contributed by atoms with van der Waals surface area (Å²) in [6.45, 7) is 12.4. The molecule has 1 amide bonds. The van der Waals surface area contributed by atoms with Crippen molar-refractivity contribution in [1.29, 1.82) is 0 Å². The van der Waals surface area contributed by atoms with Crippen molar-refractivity contribution < 1.29 is 33.4 Å². The summed E-state index contributed by atoms with van der Waals surface area (Å²) in [4.78, 5) is 55.3. The van der Waals surface area contributed by atoms with Crippen LogP contribution in [-0.4, -0.2) is 52.0 Å². The van der Waals surface area contributed by atoms with E-state index in [0.717, 1.165) is 15.9 Å². The number of ether oxygens (including phenoxy) is 3. The quantitative estimate of drug-likeness (QED) is 0.122. The van der Waals surface area contributed by atoms with Crippen molar-refractivity contribution in [2.24, 2.45) is 0 Å². The van der Waals surface area contributed by atoms with E-state index < -0.39 is 53.5 Å². The second kappa shape index (κ2) is 15.2. The molecule has 0 spiro atoms. The van der Waals surface area contributed by atoms with Gasteiger partial charge < -0.3 is 19.5 Å². The highest BCUT2D eigenvalue weighted by atomic mass is 31.2. The lowest BCUT2D eigenvalue weighted by Crippen LogP contribution is -2.46. The maximum Gasteiger partial charge on any atom is 0.408 e. The third kappa shape index (κ3) is 10.4. The Morgan fingerprint density at radius 2 is 0.979 bits per heavy atom. The molecule has 0 saturated heterocycles. The highest BCUT2D eigenvalue weighted by Gasteiger charge is 2.39. The fraction of sp³-hybridized carbons (Fsp3) is 0.395. The average molecular weight is 662 g/mol. The first-order valence-corrected chi connectivity index (χ1v) is 17.5. The number of hydrogen-bond donors (Lipinski definition) is 1. The summed E-state index contributed by atoms with van der Waals surface area (Å²) in [5, 5.41) is 4.96. The van der Waals surface area contributed by atoms with Crippen LogP contribution >= 0.6 is 6.89 Å². The normalized spacial score (nSPS) is 12.8. The molecule has 0 radical (unpaired) electrons. The van der Waals surface area contributed by atoms with Crippen molar-refractivity contribution >= 4 is 51.9 Å². The minimum atomic E-state index is -3.17. The lowest BCUT2D eigenvalue weighted by atomic mass is 10.1. The first kappa shape index (κ1) is 37.3. The van der Waals surface area contributed by atoms with Crippen LogP contribution in [0.4, 0.5) is 4.79 Å². The third-order valence-electron chi connectivity index (χ3n) is 6.66. The van der Waals surface area contributed by atoms with Crippen molar-refractivity contribution in [3.8, 4) is 0 Å². The van der Waals surface area contributed by atoms with Gasteiger partial charge in [-0.1, -0.05) is 91.0 Å². The molecule has 252 valence electrons. The van der Waals surface area contributed by atoms with Crippen LogP contribution in [0.2, 0.25) is 0 Å². The van der Waals surface area contributed by atoms with E-state index in [-0.39, 0.29) is 18.1 Å². The Balaban J connectivity index is 2.30. The number of hydrogen-bond acceptors (Lipinski definition) is 7. The number of ketones is 1. The van der Waals surface area contributed by atoms with E-state index in [4.69, 9.17) is 14.2 Å². The highest BCUT2D eigenvalue weighted by molar-refractivity contribution is 7.97. The molecule has 0 unspecified atom stereocenters. The molecule has 3 aromatic carbocycles. The Morgan fingerprint density at radius 3 is 1.34 bits per heavy atom. The molecular weight excluding hydrogens is 613 g/mol. The molecule has 1 N–H and O–H groups in total. The Bertz CT molecular complexity index is 1490. The van der Waals surface area contributed by atoms with E-state index in [1.807, 2.05) is 91.0 Å². The maximum absolute atomic E-state index is 14.8. The molecule has 1 atom stereocenters. The van der Waals surface area contributed by atoms with Crippen LogP contribution in [0.15, 0.2) is 91.0 Å². The average Bonchev–Trinajstić information content (AvgIpc) is 2.96. The van der Waals surface area contributed by atoms with Gasteiger partial charge in [-0.3, -0.25) is 4.79 Å². The van der Waals surface area contributed by atoms with Gasteiger partial charge in [0.15, 0.2) is 5.78 Å². The van der Waals surface area contributed by atoms with E-state index in [9.17, 15) is 19.2 Å². The van der Waals surface area contributed by atoms with Gasteiger partial charge in [0, 0.05) is 6.42 Å². The predicted molar refractivity (Wildman–Crippen MR) is 189 cm³/mol. The Morgan fingerprint density at radius 1 is 0.596 bits per heavy atom. The van der Waals surface area contributed by atoms with Crippen molar-refractivity contribution in [3.63, 3.8) is 0 Å². The molecule has 9 heteroatoms. The van der Waals surface area contributed by atoms with Crippen LogP contribution in [-0.2, 0) is 28.6 Å². The van der Waals surface area contributed by atoms with Gasteiger partial charge >= 0.3 is 18.0 Å². The molecule has 0 bridgehead atoms. The van der Waals surface area contributed by atoms with Crippen LogP contribution in [0.5, 0.6) is 0 Å². The molecule has 0 heterocycles. The van der Waals surface area contributed by atoms with Crippen LogP contribution in [0.1, 0.15) is 75.2 Å². The minimum Gasteiger partial charge on any atom is -0.458 e. The van der Waals surface area contributed by atoms with Crippen LogP contribution < -0.4 is 21.2 Å². The Labute approximate surface area is 279 Å². The molecule has 0 saturated carbocycles. The van der Waals surface area contributed by atoms with Crippen LogP contribution in [0, 0.1) is 0 Å². The van der Waals surface area contributed by atoms with Gasteiger partial charge in [-0.15, -0.1) is 0 Å². The van der Waals surface area contributed by atoms with Gasteiger partial charge in [-0.05, 0) is 91.5 Å². The van der Waals surface area contributed by atoms with Crippen LogP contribution in [0.25, 0.3) is 0 Å². The number of carbonyl (C=O) groups excluding carboxylic acids is 4. The van der Waals surface area contributed by atoms with E-state index in [0.29, 0.717) is 0 Å². The number of nitrogens with one attached hydrogen (secondary N) is 1. The zero-order valence-electron chi connectivity index (χ0n) is 29.0. The van der Waals surface area contributed by atoms with Crippen molar-refractivity contribution in [2.45, 2.75) is 98.0 Å². The van der Waals surface area contributed by atoms with E-state index in [1.165, 1.54) is 0 Å². The summed E-state index contributed by atoms with van der Waals surface area (Å²) in [6, 6.07) is 27.3. The second-order valence-electron chi connectivity index (χ2n) is 14.2. The maximum atomic E-state index is 14.8. The largest absolute Gasteiger partial charge is 0.458 e. The number of benzene rings is 3. The summed E-state index contributed by atoms with van der Waals surface area (Å²) in [5.74, 6) is -1.95. The van der Waals surface area contributed by atoms with Crippen LogP contribution in [0.3, 0.4) is 0 Å². The fourth-order valence-electron chi connectivity index (χ4n) is 5.02. The molecule has 47 heavy (non-hydrogen) atoms.